The number of hydrogen-bond donors (Lipinski definition) is 0. The van der Waals surface area contributed by atoms with Gasteiger partial charge in [-0.3, -0.25) is 0 Å². The highest BCUT2D eigenvalue weighted by atomic mass is 19.4. The Morgan fingerprint density at radius 2 is 0.548 bits per heavy atom. The molecule has 0 fully saturated rings. The Bertz CT molecular complexity index is 5000. The molecule has 0 bridgehead atoms. The maximum absolute atomic E-state index is 15.3. The number of fused-ring (bicyclic) bond motifs is 6. The third-order valence-electron chi connectivity index (χ3n) is 15.5. The van der Waals surface area contributed by atoms with Gasteiger partial charge in [0.2, 0.25) is 0 Å². The second-order valence-electron chi connectivity index (χ2n) is 20.3. The highest BCUT2D eigenvalue weighted by Gasteiger charge is 2.35. The molecule has 11 aromatic carbocycles. The molecule has 0 atom stereocenters. The first-order valence-corrected chi connectivity index (χ1v) is 26.5. The van der Waals surface area contributed by atoms with E-state index < -0.39 is 11.7 Å². The fourth-order valence-corrected chi connectivity index (χ4v) is 11.6. The summed E-state index contributed by atoms with van der Waals surface area (Å²) in [6.45, 7) is 0. The fourth-order valence-electron chi connectivity index (χ4n) is 11.6. The summed E-state index contributed by atoms with van der Waals surface area (Å²) < 4.78 is 50.0. The van der Waals surface area contributed by atoms with Gasteiger partial charge in [0.1, 0.15) is 0 Å². The summed E-state index contributed by atoms with van der Waals surface area (Å²) in [7, 11) is 0. The molecule has 8 nitrogen and oxygen atoms in total. The fraction of sp³-hybridized carbons (Fsp3) is 0.0137. The molecule has 390 valence electrons. The maximum atomic E-state index is 15.3. The zero-order valence-corrected chi connectivity index (χ0v) is 44.1. The third kappa shape index (κ3) is 8.87. The van der Waals surface area contributed by atoms with E-state index in [4.69, 9.17) is 0 Å². The van der Waals surface area contributed by atoms with Gasteiger partial charge in [0.25, 0.3) is 0 Å². The first-order valence-electron chi connectivity index (χ1n) is 26.5. The van der Waals surface area contributed by atoms with E-state index in [1.54, 1.807) is 42.5 Å². The molecule has 2 aromatic heterocycles. The van der Waals surface area contributed by atoms with E-state index in [1.165, 1.54) is 12.1 Å². The van der Waals surface area contributed by atoms with Crippen molar-refractivity contribution in [2.24, 2.45) is 0 Å². The van der Waals surface area contributed by atoms with Crippen LogP contribution < -0.4 is 0 Å². The highest BCUT2D eigenvalue weighted by Crippen LogP contribution is 2.46. The van der Waals surface area contributed by atoms with Gasteiger partial charge in [-0.25, -0.2) is 0 Å². The van der Waals surface area contributed by atoms with Crippen LogP contribution in [-0.2, 0) is 6.18 Å². The Labute approximate surface area is 479 Å². The van der Waals surface area contributed by atoms with Gasteiger partial charge in [-0.05, 0) is 183 Å². The molecule has 13 aromatic rings. The number of hydrogen-bond acceptors (Lipinski definition) is 6. The lowest BCUT2D eigenvalue weighted by atomic mass is 9.93. The van der Waals surface area contributed by atoms with Crippen molar-refractivity contribution >= 4 is 43.6 Å². The van der Waals surface area contributed by atoms with E-state index in [0.29, 0.717) is 61.4 Å². The molecule has 0 unspecified atom stereocenters. The average molecular weight is 1080 g/mol. The van der Waals surface area contributed by atoms with E-state index in [0.717, 1.165) is 83.2 Å². The zero-order chi connectivity index (χ0) is 57.8. The van der Waals surface area contributed by atoms with Crippen molar-refractivity contribution in [1.29, 1.82) is 31.6 Å². The second kappa shape index (κ2) is 20.4. The SMILES string of the molecule is N#Cc1cccc(-c2ccc3c(c2)c2cc(-c4cccc(C#N)c4)ccc2n3-c2cc(C#N)ccc2-c2ccc(-c3ccc(C#N)cc3C(F)(F)F)cc2-n2c3ccc(-c4cccc(C#N)c4)cc3c3cc(-c4cccc(C#N)c4)ccc32)c1. The first-order chi connectivity index (χ1) is 40.9. The normalized spacial score (nSPS) is 11.2. The lowest BCUT2D eigenvalue weighted by Gasteiger charge is -2.21. The number of rotatable bonds is 8. The van der Waals surface area contributed by atoms with Gasteiger partial charge in [-0.2, -0.15) is 44.7 Å². The predicted molar refractivity (Wildman–Crippen MR) is 321 cm³/mol. The van der Waals surface area contributed by atoms with Crippen LogP contribution in [0, 0.1) is 68.0 Å². The van der Waals surface area contributed by atoms with Crippen molar-refractivity contribution in [3.05, 3.63) is 263 Å². The lowest BCUT2D eigenvalue weighted by molar-refractivity contribution is -0.137. The standard InChI is InChI=1S/C73H37F3N8/c74-73(75,76)66-31-48(42-81)13-20-59(66)58-15-22-61(72(37-58)84-69-25-18-56(52-11-3-7-46(29-52)40-79)35-64(69)65-36-57(19-26-70(65)84)53-12-4-8-47(30-53)41-80)60-21-14-49(43-82)32-71(60)83-67-23-16-54(50-9-1-5-44(27-50)38-77)33-62(67)63-34-55(17-24-68(63)83)51-10-2-6-45(28-51)39-78/h1-37H. The van der Waals surface area contributed by atoms with E-state index in [9.17, 15) is 31.6 Å². The Hall–Kier alpha value is -12.3. The quantitative estimate of drug-likeness (QED) is 0.148. The third-order valence-corrected chi connectivity index (χ3v) is 15.5. The molecule has 0 amide bonds. The van der Waals surface area contributed by atoms with Gasteiger partial charge in [0.05, 0.1) is 109 Å². The summed E-state index contributed by atoms with van der Waals surface area (Å²) in [6, 6.07) is 80.9. The summed E-state index contributed by atoms with van der Waals surface area (Å²) in [4.78, 5) is 0. The number of nitriles is 6. The smallest absolute Gasteiger partial charge is 0.309 e. The van der Waals surface area contributed by atoms with E-state index >= 15 is 13.2 Å². The summed E-state index contributed by atoms with van der Waals surface area (Å²) >= 11 is 0. The molecule has 0 saturated carbocycles. The van der Waals surface area contributed by atoms with E-state index in [2.05, 4.69) is 47.0 Å². The molecule has 13 rings (SSSR count). The average Bonchev–Trinajstić information content (AvgIpc) is 1.97. The molecule has 11 heteroatoms. The van der Waals surface area contributed by atoms with Crippen LogP contribution in [0.2, 0.25) is 0 Å². The number of benzene rings is 11. The zero-order valence-electron chi connectivity index (χ0n) is 44.1. The van der Waals surface area contributed by atoms with Crippen LogP contribution in [0.1, 0.15) is 38.9 Å². The molecule has 2 heterocycles. The molecule has 0 aliphatic carbocycles. The first kappa shape index (κ1) is 51.2. The summed E-state index contributed by atoms with van der Waals surface area (Å²) in [5.41, 5.74) is 13.2. The van der Waals surface area contributed by atoms with Crippen LogP contribution in [0.15, 0.2) is 224 Å². The van der Waals surface area contributed by atoms with Crippen molar-refractivity contribution in [1.82, 2.24) is 9.13 Å². The molecule has 0 N–H and O–H groups in total. The summed E-state index contributed by atoms with van der Waals surface area (Å²) in [6.07, 6.45) is -4.83. The minimum atomic E-state index is -4.83. The Balaban J connectivity index is 1.13. The van der Waals surface area contributed by atoms with Crippen molar-refractivity contribution in [2.45, 2.75) is 6.18 Å². The van der Waals surface area contributed by atoms with Crippen LogP contribution in [0.4, 0.5) is 13.2 Å². The van der Waals surface area contributed by atoms with Crippen molar-refractivity contribution < 1.29 is 13.2 Å². The molecule has 0 saturated heterocycles. The summed E-state index contributed by atoms with van der Waals surface area (Å²) in [5, 5.41) is 63.4. The van der Waals surface area contributed by atoms with Crippen molar-refractivity contribution in [3.8, 4) is 115 Å². The van der Waals surface area contributed by atoms with E-state index in [-0.39, 0.29) is 16.7 Å². The molecule has 0 spiro atoms. The van der Waals surface area contributed by atoms with Gasteiger partial charge in [-0.15, -0.1) is 0 Å². The van der Waals surface area contributed by atoms with Crippen LogP contribution in [0.25, 0.3) is 122 Å². The van der Waals surface area contributed by atoms with Gasteiger partial charge in [0, 0.05) is 32.7 Å². The van der Waals surface area contributed by atoms with Crippen molar-refractivity contribution in [3.63, 3.8) is 0 Å². The molecule has 84 heavy (non-hydrogen) atoms. The molecule has 0 radical (unpaired) electrons. The second-order valence-corrected chi connectivity index (χ2v) is 20.3. The minimum Gasteiger partial charge on any atom is -0.309 e. The lowest BCUT2D eigenvalue weighted by Crippen LogP contribution is -2.08. The monoisotopic (exact) mass is 1080 g/mol. The Morgan fingerprint density at radius 1 is 0.262 bits per heavy atom. The molecule has 0 aliphatic rings. The molecule has 0 aliphatic heterocycles. The van der Waals surface area contributed by atoms with E-state index in [1.807, 2.05) is 162 Å². The van der Waals surface area contributed by atoms with Gasteiger partial charge in [0.15, 0.2) is 0 Å². The van der Waals surface area contributed by atoms with Gasteiger partial charge < -0.3 is 9.13 Å². The van der Waals surface area contributed by atoms with Crippen LogP contribution in [0.5, 0.6) is 0 Å². The molecular weight excluding hydrogens is 1050 g/mol. The van der Waals surface area contributed by atoms with Gasteiger partial charge >= 0.3 is 6.18 Å². The summed E-state index contributed by atoms with van der Waals surface area (Å²) in [5.74, 6) is 0. The van der Waals surface area contributed by atoms with Crippen LogP contribution in [-0.4, -0.2) is 9.13 Å². The number of alkyl halides is 3. The minimum absolute atomic E-state index is 0.135. The van der Waals surface area contributed by atoms with Gasteiger partial charge in [-0.1, -0.05) is 97.1 Å². The number of nitrogens with zero attached hydrogens (tertiary/aromatic N) is 8. The number of aromatic nitrogens is 2. The number of halogens is 3. The van der Waals surface area contributed by atoms with Crippen LogP contribution >= 0.6 is 0 Å². The Morgan fingerprint density at radius 3 is 0.893 bits per heavy atom. The molecular formula is C73H37F3N8. The highest BCUT2D eigenvalue weighted by molar-refractivity contribution is 6.14. The van der Waals surface area contributed by atoms with Crippen molar-refractivity contribution in [2.75, 3.05) is 0 Å². The maximum Gasteiger partial charge on any atom is 0.417 e. The van der Waals surface area contributed by atoms with Crippen LogP contribution in [0.3, 0.4) is 0 Å². The predicted octanol–water partition coefficient (Wildman–Crippen LogP) is 18.1. The Kier molecular flexibility index (Phi) is 12.5. The topological polar surface area (TPSA) is 153 Å². The largest absolute Gasteiger partial charge is 0.417 e.